The van der Waals surface area contributed by atoms with E-state index in [2.05, 4.69) is 22.9 Å². The molecule has 28 heavy (non-hydrogen) atoms. The van der Waals surface area contributed by atoms with E-state index < -0.39 is 18.0 Å². The molecule has 1 fully saturated rings. The highest BCUT2D eigenvalue weighted by Crippen LogP contribution is 2.38. The number of carbonyl (C=O) groups is 2. The lowest BCUT2D eigenvalue weighted by Gasteiger charge is -2.12. The molecule has 1 aliphatic rings. The number of aromatic nitrogens is 1. The Morgan fingerprint density at radius 1 is 1.32 bits per heavy atom. The molecule has 6 heteroatoms. The second-order valence-electron chi connectivity index (χ2n) is 7.02. The molecule has 1 aliphatic carbocycles. The van der Waals surface area contributed by atoms with Gasteiger partial charge in [0.2, 0.25) is 0 Å². The first-order chi connectivity index (χ1) is 13.4. The van der Waals surface area contributed by atoms with Crippen LogP contribution in [-0.4, -0.2) is 22.5 Å². The zero-order chi connectivity index (χ0) is 20.3. The van der Waals surface area contributed by atoms with Gasteiger partial charge < -0.3 is 14.6 Å². The molecular formula is C22H23N3O3. The highest BCUT2D eigenvalue weighted by atomic mass is 16.5. The summed E-state index contributed by atoms with van der Waals surface area (Å²) in [7, 11) is 0. The van der Waals surface area contributed by atoms with E-state index in [1.807, 2.05) is 13.0 Å². The molecule has 0 aliphatic heterocycles. The predicted molar refractivity (Wildman–Crippen MR) is 107 cm³/mol. The van der Waals surface area contributed by atoms with E-state index in [1.54, 1.807) is 30.3 Å². The van der Waals surface area contributed by atoms with Crippen LogP contribution in [0.4, 0.5) is 5.69 Å². The van der Waals surface area contributed by atoms with Gasteiger partial charge in [0.05, 0.1) is 11.6 Å². The Balaban J connectivity index is 1.58. The number of ether oxygens (including phenoxy) is 1. The third kappa shape index (κ3) is 4.49. The van der Waals surface area contributed by atoms with Gasteiger partial charge in [-0.2, -0.15) is 5.26 Å². The minimum absolute atomic E-state index is 0.439. The average molecular weight is 377 g/mol. The van der Waals surface area contributed by atoms with Crippen molar-refractivity contribution in [3.8, 4) is 6.07 Å². The van der Waals surface area contributed by atoms with Crippen molar-refractivity contribution in [3.63, 3.8) is 0 Å². The Bertz CT molecular complexity index is 977. The highest BCUT2D eigenvalue weighted by molar-refractivity contribution is 5.96. The second kappa shape index (κ2) is 8.13. The monoisotopic (exact) mass is 377 g/mol. The number of hydrogen-bond acceptors (Lipinski definition) is 4. The quantitative estimate of drug-likeness (QED) is 0.611. The molecule has 1 aromatic heterocycles. The van der Waals surface area contributed by atoms with E-state index in [4.69, 9.17) is 10.00 Å². The fourth-order valence-corrected chi connectivity index (χ4v) is 3.20. The fourth-order valence-electron chi connectivity index (χ4n) is 3.20. The lowest BCUT2D eigenvalue weighted by molar-refractivity contribution is -0.148. The van der Waals surface area contributed by atoms with E-state index in [0.717, 1.165) is 11.3 Å². The van der Waals surface area contributed by atoms with Crippen LogP contribution in [0.1, 0.15) is 48.3 Å². The minimum Gasteiger partial charge on any atom is -0.449 e. The second-order valence-corrected chi connectivity index (χ2v) is 7.02. The third-order valence-electron chi connectivity index (χ3n) is 4.76. The third-order valence-corrected chi connectivity index (χ3v) is 4.76. The summed E-state index contributed by atoms with van der Waals surface area (Å²) in [5.74, 6) is -1.03. The van der Waals surface area contributed by atoms with Gasteiger partial charge in [-0.3, -0.25) is 4.79 Å². The first-order valence-electron chi connectivity index (χ1n) is 9.27. The average Bonchev–Trinajstić information content (AvgIpc) is 3.45. The van der Waals surface area contributed by atoms with Gasteiger partial charge in [-0.15, -0.1) is 0 Å². The SMILES string of the molecule is Cc1cc(/C=C/C(=O)O[C@H](C)C(=O)Nc2cccc(C#N)c2)c(C)n1C1CC1. The molecule has 0 radical (unpaired) electrons. The lowest BCUT2D eigenvalue weighted by Crippen LogP contribution is -2.29. The van der Waals surface area contributed by atoms with Crippen molar-refractivity contribution < 1.29 is 14.3 Å². The van der Waals surface area contributed by atoms with E-state index in [-0.39, 0.29) is 0 Å². The molecular weight excluding hydrogens is 354 g/mol. The van der Waals surface area contributed by atoms with Crippen LogP contribution in [0.15, 0.2) is 36.4 Å². The summed E-state index contributed by atoms with van der Waals surface area (Å²) < 4.78 is 7.49. The topological polar surface area (TPSA) is 84.1 Å². The number of benzene rings is 1. The van der Waals surface area contributed by atoms with Crippen LogP contribution in [0.25, 0.3) is 6.08 Å². The van der Waals surface area contributed by atoms with Crippen LogP contribution in [0, 0.1) is 25.2 Å². The normalized spacial score (nSPS) is 14.5. The molecule has 1 amide bonds. The first-order valence-corrected chi connectivity index (χ1v) is 9.27. The van der Waals surface area contributed by atoms with Gasteiger partial charge in [0, 0.05) is 29.2 Å². The summed E-state index contributed by atoms with van der Waals surface area (Å²) in [5, 5.41) is 11.5. The maximum absolute atomic E-state index is 12.2. The minimum atomic E-state index is -0.957. The summed E-state index contributed by atoms with van der Waals surface area (Å²) in [6.45, 7) is 5.62. The van der Waals surface area contributed by atoms with Crippen LogP contribution in [0.2, 0.25) is 0 Å². The van der Waals surface area contributed by atoms with E-state index in [9.17, 15) is 9.59 Å². The number of nitriles is 1. The Hall–Kier alpha value is -3.33. The summed E-state index contributed by atoms with van der Waals surface area (Å²) in [6.07, 6.45) is 4.52. The highest BCUT2D eigenvalue weighted by Gasteiger charge is 2.26. The number of nitrogens with one attached hydrogen (secondary N) is 1. The van der Waals surface area contributed by atoms with Crippen molar-refractivity contribution >= 4 is 23.6 Å². The largest absolute Gasteiger partial charge is 0.449 e. The van der Waals surface area contributed by atoms with E-state index in [1.165, 1.54) is 31.5 Å². The van der Waals surface area contributed by atoms with Crippen LogP contribution in [0.3, 0.4) is 0 Å². The molecule has 0 spiro atoms. The van der Waals surface area contributed by atoms with Crippen molar-refractivity contribution in [2.24, 2.45) is 0 Å². The Morgan fingerprint density at radius 2 is 2.07 bits per heavy atom. The summed E-state index contributed by atoms with van der Waals surface area (Å²) in [4.78, 5) is 24.3. The van der Waals surface area contributed by atoms with Crippen LogP contribution in [0.5, 0.6) is 0 Å². The van der Waals surface area contributed by atoms with Crippen molar-refractivity contribution in [2.75, 3.05) is 5.32 Å². The molecule has 0 saturated heterocycles. The number of hydrogen-bond donors (Lipinski definition) is 1. The Labute approximate surface area is 164 Å². The molecule has 1 heterocycles. The zero-order valence-electron chi connectivity index (χ0n) is 16.2. The van der Waals surface area contributed by atoms with E-state index in [0.29, 0.717) is 17.3 Å². The summed E-state index contributed by atoms with van der Waals surface area (Å²) in [5.41, 5.74) is 4.21. The predicted octanol–water partition coefficient (Wildman–Crippen LogP) is 3.90. The maximum Gasteiger partial charge on any atom is 0.331 e. The number of anilines is 1. The van der Waals surface area contributed by atoms with Gasteiger partial charge in [-0.05, 0) is 69.5 Å². The van der Waals surface area contributed by atoms with Gasteiger partial charge in [0.15, 0.2) is 6.10 Å². The molecule has 1 saturated carbocycles. The first kappa shape index (κ1) is 19.4. The molecule has 0 bridgehead atoms. The molecule has 1 N–H and O–H groups in total. The Kier molecular flexibility index (Phi) is 5.65. The number of nitrogens with zero attached hydrogens (tertiary/aromatic N) is 2. The number of aryl methyl sites for hydroxylation is 1. The Morgan fingerprint density at radius 3 is 2.75 bits per heavy atom. The van der Waals surface area contributed by atoms with Gasteiger partial charge >= 0.3 is 5.97 Å². The van der Waals surface area contributed by atoms with Crippen molar-refractivity contribution in [1.29, 1.82) is 5.26 Å². The number of esters is 1. The van der Waals surface area contributed by atoms with Gasteiger partial charge in [-0.25, -0.2) is 4.79 Å². The molecule has 1 atom stereocenters. The molecule has 0 unspecified atom stereocenters. The number of amides is 1. The molecule has 1 aromatic carbocycles. The van der Waals surface area contributed by atoms with Crippen LogP contribution < -0.4 is 5.32 Å². The summed E-state index contributed by atoms with van der Waals surface area (Å²) >= 11 is 0. The standard InChI is InChI=1S/C22H23N3O3/c1-14-11-18(15(2)25(14)20-8-9-20)7-10-21(26)28-16(3)22(27)24-19-6-4-5-17(12-19)13-23/h4-7,10-12,16,20H,8-9H2,1-3H3,(H,24,27)/b10-7+/t16-/m1/s1. The van der Waals surface area contributed by atoms with Crippen molar-refractivity contribution in [1.82, 2.24) is 4.57 Å². The van der Waals surface area contributed by atoms with Crippen LogP contribution >= 0.6 is 0 Å². The molecule has 3 rings (SSSR count). The van der Waals surface area contributed by atoms with Gasteiger partial charge in [0.1, 0.15) is 0 Å². The molecule has 6 nitrogen and oxygen atoms in total. The fraction of sp³-hybridized carbons (Fsp3) is 0.318. The van der Waals surface area contributed by atoms with Crippen molar-refractivity contribution in [3.05, 3.63) is 58.9 Å². The zero-order valence-corrected chi connectivity index (χ0v) is 16.2. The number of carbonyl (C=O) groups excluding carboxylic acids is 2. The van der Waals surface area contributed by atoms with E-state index >= 15 is 0 Å². The van der Waals surface area contributed by atoms with Gasteiger partial charge in [-0.1, -0.05) is 6.07 Å². The molecule has 2 aromatic rings. The molecule has 144 valence electrons. The van der Waals surface area contributed by atoms with Crippen molar-refractivity contribution in [2.45, 2.75) is 45.8 Å². The lowest BCUT2D eigenvalue weighted by atomic mass is 10.2. The maximum atomic E-state index is 12.2. The van der Waals surface area contributed by atoms with Crippen LogP contribution in [-0.2, 0) is 14.3 Å². The smallest absolute Gasteiger partial charge is 0.331 e. The van der Waals surface area contributed by atoms with Gasteiger partial charge in [0.25, 0.3) is 5.91 Å². The number of rotatable bonds is 6. The summed E-state index contributed by atoms with van der Waals surface area (Å²) in [6, 6.07) is 11.2.